The summed E-state index contributed by atoms with van der Waals surface area (Å²) < 4.78 is 28.2. The van der Waals surface area contributed by atoms with Gasteiger partial charge >= 0.3 is 5.69 Å². The van der Waals surface area contributed by atoms with Crippen molar-refractivity contribution in [1.29, 1.82) is 0 Å². The second-order valence-corrected chi connectivity index (χ2v) is 6.44. The number of aromatic amines is 1. The van der Waals surface area contributed by atoms with Gasteiger partial charge < -0.3 is 4.90 Å². The predicted molar refractivity (Wildman–Crippen MR) is 92.1 cm³/mol. The Kier molecular flexibility index (Phi) is 5.01. The molecule has 1 saturated heterocycles. The molecule has 0 unspecified atom stereocenters. The number of aromatic nitrogens is 2. The maximum absolute atomic E-state index is 14.1. The molecule has 1 aromatic heterocycles. The lowest BCUT2D eigenvalue weighted by Crippen LogP contribution is -2.39. The molecule has 0 radical (unpaired) electrons. The van der Waals surface area contributed by atoms with Crippen LogP contribution in [0, 0.1) is 11.6 Å². The Morgan fingerprint density at radius 3 is 2.40 bits per heavy atom. The summed E-state index contributed by atoms with van der Waals surface area (Å²) in [6.07, 6.45) is 4.16. The predicted octanol–water partition coefficient (Wildman–Crippen LogP) is 2.32. The third-order valence-corrected chi connectivity index (χ3v) is 4.68. The fourth-order valence-corrected chi connectivity index (χ4v) is 3.24. The first-order chi connectivity index (χ1) is 12.0. The number of nitrogens with zero attached hydrogens (tertiary/aromatic N) is 2. The van der Waals surface area contributed by atoms with Gasteiger partial charge in [0.1, 0.15) is 17.5 Å². The van der Waals surface area contributed by atoms with Crippen LogP contribution < -0.4 is 16.1 Å². The summed E-state index contributed by atoms with van der Waals surface area (Å²) in [5.41, 5.74) is -0.393. The minimum Gasteiger partial charge on any atom is -0.358 e. The summed E-state index contributed by atoms with van der Waals surface area (Å²) in [5, 5.41) is 0. The minimum absolute atomic E-state index is 0.00139. The molecule has 1 N–H and O–H groups in total. The van der Waals surface area contributed by atoms with Gasteiger partial charge in [0, 0.05) is 32.6 Å². The summed E-state index contributed by atoms with van der Waals surface area (Å²) in [5.74, 6) is -0.905. The van der Waals surface area contributed by atoms with Crippen molar-refractivity contribution in [3.63, 3.8) is 0 Å². The van der Waals surface area contributed by atoms with E-state index in [-0.39, 0.29) is 12.0 Å². The molecular formula is C18H21F2N3O2. The van der Waals surface area contributed by atoms with Gasteiger partial charge in [-0.15, -0.1) is 0 Å². The van der Waals surface area contributed by atoms with Crippen LogP contribution in [0.5, 0.6) is 0 Å². The van der Waals surface area contributed by atoms with Crippen molar-refractivity contribution in [3.8, 4) is 0 Å². The van der Waals surface area contributed by atoms with Crippen LogP contribution in [0.15, 0.2) is 27.8 Å². The average molecular weight is 349 g/mol. The fraction of sp³-hybridized carbons (Fsp3) is 0.444. The molecule has 1 aliphatic rings. The first-order valence-corrected chi connectivity index (χ1v) is 8.48. The highest BCUT2D eigenvalue weighted by molar-refractivity contribution is 5.48. The number of anilines is 1. The topological polar surface area (TPSA) is 58.1 Å². The maximum Gasteiger partial charge on any atom is 0.329 e. The molecule has 0 bridgehead atoms. The molecule has 1 aromatic carbocycles. The van der Waals surface area contributed by atoms with Gasteiger partial charge in [-0.05, 0) is 24.5 Å². The highest BCUT2D eigenvalue weighted by Gasteiger charge is 2.20. The number of H-pyrrole nitrogens is 1. The highest BCUT2D eigenvalue weighted by atomic mass is 19.1. The molecule has 2 aromatic rings. The van der Waals surface area contributed by atoms with Crippen LogP contribution in [0.25, 0.3) is 0 Å². The van der Waals surface area contributed by atoms with E-state index in [1.165, 1.54) is 19.2 Å². The molecule has 25 heavy (non-hydrogen) atoms. The Morgan fingerprint density at radius 2 is 1.76 bits per heavy atom. The molecule has 7 heteroatoms. The zero-order valence-electron chi connectivity index (χ0n) is 14.1. The van der Waals surface area contributed by atoms with Crippen LogP contribution in [0.1, 0.15) is 36.8 Å². The minimum atomic E-state index is -0.699. The van der Waals surface area contributed by atoms with Crippen molar-refractivity contribution in [2.24, 2.45) is 7.05 Å². The van der Waals surface area contributed by atoms with Crippen LogP contribution in [0.4, 0.5) is 14.6 Å². The van der Waals surface area contributed by atoms with Crippen LogP contribution in [0.3, 0.4) is 0 Å². The number of rotatable bonds is 3. The monoisotopic (exact) mass is 349 g/mol. The second-order valence-electron chi connectivity index (χ2n) is 6.44. The van der Waals surface area contributed by atoms with Gasteiger partial charge in [-0.3, -0.25) is 14.3 Å². The number of benzene rings is 1. The van der Waals surface area contributed by atoms with E-state index in [4.69, 9.17) is 0 Å². The lowest BCUT2D eigenvalue weighted by molar-refractivity contribution is 0.574. The lowest BCUT2D eigenvalue weighted by Gasteiger charge is -2.24. The smallest absolute Gasteiger partial charge is 0.329 e. The van der Waals surface area contributed by atoms with Crippen molar-refractivity contribution in [1.82, 2.24) is 9.55 Å². The summed E-state index contributed by atoms with van der Waals surface area (Å²) >= 11 is 0. The van der Waals surface area contributed by atoms with Gasteiger partial charge in [0.25, 0.3) is 5.56 Å². The molecule has 0 aliphatic carbocycles. The van der Waals surface area contributed by atoms with Gasteiger partial charge in [-0.1, -0.05) is 18.9 Å². The number of nitrogens with one attached hydrogen (secondary N) is 1. The number of hydrogen-bond acceptors (Lipinski definition) is 3. The molecule has 3 rings (SSSR count). The van der Waals surface area contributed by atoms with E-state index in [1.54, 1.807) is 0 Å². The zero-order chi connectivity index (χ0) is 18.0. The van der Waals surface area contributed by atoms with Crippen molar-refractivity contribution < 1.29 is 8.78 Å². The molecule has 134 valence electrons. The van der Waals surface area contributed by atoms with Crippen LogP contribution >= 0.6 is 0 Å². The Bertz CT molecular complexity index is 881. The largest absolute Gasteiger partial charge is 0.358 e. The lowest BCUT2D eigenvalue weighted by atomic mass is 10.1. The fourth-order valence-electron chi connectivity index (χ4n) is 3.24. The van der Waals surface area contributed by atoms with Crippen molar-refractivity contribution in [2.75, 3.05) is 18.0 Å². The summed E-state index contributed by atoms with van der Waals surface area (Å²) in [7, 11) is 1.39. The first kappa shape index (κ1) is 17.4. The Hall–Kier alpha value is -2.44. The van der Waals surface area contributed by atoms with Gasteiger partial charge in [0.15, 0.2) is 0 Å². The molecule has 0 atom stereocenters. The number of hydrogen-bond donors (Lipinski definition) is 1. The molecule has 5 nitrogen and oxygen atoms in total. The van der Waals surface area contributed by atoms with E-state index in [0.29, 0.717) is 11.4 Å². The van der Waals surface area contributed by atoms with Crippen molar-refractivity contribution in [3.05, 3.63) is 61.8 Å². The standard InChI is InChI=1S/C18H21F2N3O2/c1-22-17(24)14(10-12-6-7-13(19)11-15(12)20)16(21-18(22)25)23-8-4-2-3-5-9-23/h6-7,11H,2-5,8-10H2,1H3,(H,21,25). The third-order valence-electron chi connectivity index (χ3n) is 4.68. The van der Waals surface area contributed by atoms with Gasteiger partial charge in [-0.25, -0.2) is 13.6 Å². The van der Waals surface area contributed by atoms with Gasteiger partial charge in [-0.2, -0.15) is 0 Å². The molecule has 1 fully saturated rings. The first-order valence-electron chi connectivity index (χ1n) is 8.48. The van der Waals surface area contributed by atoms with E-state index in [2.05, 4.69) is 4.98 Å². The van der Waals surface area contributed by atoms with E-state index in [1.807, 2.05) is 4.90 Å². The molecule has 1 aliphatic heterocycles. The number of halogens is 2. The maximum atomic E-state index is 14.1. The molecule has 0 amide bonds. The van der Waals surface area contributed by atoms with Crippen LogP contribution in [-0.2, 0) is 13.5 Å². The summed E-state index contributed by atoms with van der Waals surface area (Å²) in [4.78, 5) is 29.5. The molecule has 0 spiro atoms. The van der Waals surface area contributed by atoms with Crippen LogP contribution in [0.2, 0.25) is 0 Å². The molecule has 2 heterocycles. The normalized spacial score (nSPS) is 15.2. The Balaban J connectivity index is 2.08. The quantitative estimate of drug-likeness (QED) is 0.925. The Morgan fingerprint density at radius 1 is 1.08 bits per heavy atom. The average Bonchev–Trinajstić information content (AvgIpc) is 2.86. The SMILES string of the molecule is Cn1c(=O)[nH]c(N2CCCCCC2)c(Cc2ccc(F)cc2F)c1=O. The highest BCUT2D eigenvalue weighted by Crippen LogP contribution is 2.22. The second kappa shape index (κ2) is 7.21. The summed E-state index contributed by atoms with van der Waals surface area (Å²) in [6.45, 7) is 1.48. The third kappa shape index (κ3) is 3.65. The molecular weight excluding hydrogens is 328 g/mol. The van der Waals surface area contributed by atoms with E-state index in [0.717, 1.165) is 49.4 Å². The van der Waals surface area contributed by atoms with E-state index >= 15 is 0 Å². The van der Waals surface area contributed by atoms with Crippen molar-refractivity contribution in [2.45, 2.75) is 32.1 Å². The van der Waals surface area contributed by atoms with E-state index < -0.39 is 22.9 Å². The zero-order valence-corrected chi connectivity index (χ0v) is 14.1. The van der Waals surface area contributed by atoms with Gasteiger partial charge in [0.05, 0.1) is 5.56 Å². The van der Waals surface area contributed by atoms with E-state index in [9.17, 15) is 18.4 Å². The van der Waals surface area contributed by atoms with Crippen LogP contribution in [-0.4, -0.2) is 22.6 Å². The summed E-state index contributed by atoms with van der Waals surface area (Å²) in [6, 6.07) is 3.30. The Labute approximate surface area is 143 Å². The van der Waals surface area contributed by atoms with Crippen molar-refractivity contribution >= 4 is 5.82 Å². The van der Waals surface area contributed by atoms with Gasteiger partial charge in [0.2, 0.25) is 0 Å². The molecule has 0 saturated carbocycles.